The van der Waals surface area contributed by atoms with Crippen LogP contribution in [0.4, 0.5) is 13.2 Å². The number of benzene rings is 2. The minimum Gasteiger partial charge on any atom is -0.497 e. The second kappa shape index (κ2) is 5.94. The Morgan fingerprint density at radius 1 is 1.05 bits per heavy atom. The van der Waals surface area contributed by atoms with E-state index in [1.54, 1.807) is 6.07 Å². The van der Waals surface area contributed by atoms with Crippen molar-refractivity contribution < 1.29 is 17.9 Å². The van der Waals surface area contributed by atoms with Crippen LogP contribution in [0.2, 0.25) is 5.02 Å². The number of ether oxygens (including phenoxy) is 1. The molecule has 0 N–H and O–H groups in total. The van der Waals surface area contributed by atoms with Crippen molar-refractivity contribution in [1.29, 1.82) is 0 Å². The molecule has 20 heavy (non-hydrogen) atoms. The SMILES string of the molecule is COc1ccc(C(Cl)c2c(F)cc(F)cc2F)c(Cl)c1. The molecule has 6 heteroatoms. The number of hydrogen-bond donors (Lipinski definition) is 0. The third kappa shape index (κ3) is 2.86. The van der Waals surface area contributed by atoms with Crippen LogP contribution in [0.5, 0.6) is 5.75 Å². The monoisotopic (exact) mass is 320 g/mol. The molecule has 2 aromatic rings. The summed E-state index contributed by atoms with van der Waals surface area (Å²) in [7, 11) is 1.46. The van der Waals surface area contributed by atoms with Gasteiger partial charge in [0.2, 0.25) is 0 Å². The van der Waals surface area contributed by atoms with Gasteiger partial charge in [-0.3, -0.25) is 0 Å². The van der Waals surface area contributed by atoms with Gasteiger partial charge in [-0.2, -0.15) is 0 Å². The standard InChI is InChI=1S/C14H9Cl2F3O/c1-20-8-2-3-9(10(15)6-8)14(16)13-11(18)4-7(17)5-12(13)19/h2-6,14H,1H3. The van der Waals surface area contributed by atoms with Crippen LogP contribution in [0, 0.1) is 17.5 Å². The smallest absolute Gasteiger partial charge is 0.134 e. The Balaban J connectivity index is 2.49. The normalized spacial score (nSPS) is 12.3. The molecule has 0 saturated heterocycles. The van der Waals surface area contributed by atoms with Gasteiger partial charge >= 0.3 is 0 Å². The van der Waals surface area contributed by atoms with Gasteiger partial charge in [0.1, 0.15) is 23.2 Å². The van der Waals surface area contributed by atoms with E-state index in [4.69, 9.17) is 27.9 Å². The quantitative estimate of drug-likeness (QED) is 0.715. The summed E-state index contributed by atoms with van der Waals surface area (Å²) in [5, 5.41) is -0.971. The molecule has 0 radical (unpaired) electrons. The molecule has 2 rings (SSSR count). The summed E-state index contributed by atoms with van der Waals surface area (Å²) in [6, 6.07) is 5.69. The average molecular weight is 321 g/mol. The molecule has 1 nitrogen and oxygen atoms in total. The van der Waals surface area contributed by atoms with E-state index in [2.05, 4.69) is 0 Å². The molecule has 106 valence electrons. The number of methoxy groups -OCH3 is 1. The summed E-state index contributed by atoms with van der Waals surface area (Å²) >= 11 is 12.1. The molecule has 0 aliphatic heterocycles. The minimum atomic E-state index is -1.17. The van der Waals surface area contributed by atoms with Crippen LogP contribution < -0.4 is 4.74 Å². The van der Waals surface area contributed by atoms with Crippen molar-refractivity contribution in [1.82, 2.24) is 0 Å². The molecule has 0 aromatic heterocycles. The molecular formula is C14H9Cl2F3O. The molecular weight excluding hydrogens is 312 g/mol. The fourth-order valence-corrected chi connectivity index (χ4v) is 2.53. The van der Waals surface area contributed by atoms with E-state index < -0.39 is 28.4 Å². The summed E-state index contributed by atoms with van der Waals surface area (Å²) in [5.74, 6) is -2.64. The van der Waals surface area contributed by atoms with Crippen LogP contribution in [0.15, 0.2) is 30.3 Å². The van der Waals surface area contributed by atoms with Crippen molar-refractivity contribution in [3.8, 4) is 5.75 Å². The van der Waals surface area contributed by atoms with Crippen molar-refractivity contribution in [2.75, 3.05) is 7.11 Å². The van der Waals surface area contributed by atoms with Gasteiger partial charge in [-0.05, 0) is 17.7 Å². The van der Waals surface area contributed by atoms with E-state index in [0.717, 1.165) is 0 Å². The lowest BCUT2D eigenvalue weighted by Crippen LogP contribution is -2.03. The van der Waals surface area contributed by atoms with Gasteiger partial charge in [-0.25, -0.2) is 13.2 Å². The Morgan fingerprint density at radius 3 is 2.15 bits per heavy atom. The Kier molecular flexibility index (Phi) is 4.45. The molecule has 0 fully saturated rings. The molecule has 0 amide bonds. The van der Waals surface area contributed by atoms with Crippen LogP contribution in [0.3, 0.4) is 0 Å². The summed E-state index contributed by atoms with van der Waals surface area (Å²) in [6.45, 7) is 0. The third-order valence-electron chi connectivity index (χ3n) is 2.78. The lowest BCUT2D eigenvalue weighted by atomic mass is 10.0. The predicted octanol–water partition coefficient (Wildman–Crippen LogP) is 5.09. The third-order valence-corrected chi connectivity index (χ3v) is 3.56. The summed E-state index contributed by atoms with van der Waals surface area (Å²) in [4.78, 5) is 0. The highest BCUT2D eigenvalue weighted by atomic mass is 35.5. The van der Waals surface area contributed by atoms with Crippen LogP contribution in [-0.2, 0) is 0 Å². The van der Waals surface area contributed by atoms with Crippen LogP contribution >= 0.6 is 23.2 Å². The van der Waals surface area contributed by atoms with E-state index in [1.807, 2.05) is 0 Å². The zero-order valence-electron chi connectivity index (χ0n) is 10.3. The minimum absolute atomic E-state index is 0.201. The second-order valence-corrected chi connectivity index (χ2v) is 4.88. The summed E-state index contributed by atoms with van der Waals surface area (Å²) in [5.41, 5.74) is -0.140. The molecule has 0 aliphatic rings. The van der Waals surface area contributed by atoms with Crippen LogP contribution in [-0.4, -0.2) is 7.11 Å². The van der Waals surface area contributed by atoms with E-state index >= 15 is 0 Å². The number of hydrogen-bond acceptors (Lipinski definition) is 1. The maximum absolute atomic E-state index is 13.7. The van der Waals surface area contributed by atoms with Gasteiger partial charge in [0.05, 0.1) is 12.5 Å². The molecule has 0 heterocycles. The molecule has 0 spiro atoms. The second-order valence-electron chi connectivity index (χ2n) is 4.03. The van der Waals surface area contributed by atoms with Crippen molar-refractivity contribution in [2.45, 2.75) is 5.38 Å². The van der Waals surface area contributed by atoms with Gasteiger partial charge in [0.15, 0.2) is 0 Å². The van der Waals surface area contributed by atoms with Crippen molar-refractivity contribution in [2.24, 2.45) is 0 Å². The largest absolute Gasteiger partial charge is 0.497 e. The van der Waals surface area contributed by atoms with E-state index in [9.17, 15) is 13.2 Å². The van der Waals surface area contributed by atoms with E-state index in [1.165, 1.54) is 19.2 Å². The van der Waals surface area contributed by atoms with Crippen LogP contribution in [0.25, 0.3) is 0 Å². The molecule has 1 unspecified atom stereocenters. The molecule has 1 atom stereocenters. The van der Waals surface area contributed by atoms with Gasteiger partial charge in [0, 0.05) is 22.7 Å². The number of alkyl halides is 1. The Morgan fingerprint density at radius 2 is 1.65 bits per heavy atom. The molecule has 0 bridgehead atoms. The predicted molar refractivity (Wildman–Crippen MR) is 72.0 cm³/mol. The average Bonchev–Trinajstić information content (AvgIpc) is 2.37. The summed E-state index contributed by atoms with van der Waals surface area (Å²) < 4.78 is 45.2. The van der Waals surface area contributed by atoms with Crippen molar-refractivity contribution in [3.05, 3.63) is 63.9 Å². The lowest BCUT2D eigenvalue weighted by Gasteiger charge is -2.14. The first-order chi connectivity index (χ1) is 9.43. The fraction of sp³-hybridized carbons (Fsp3) is 0.143. The maximum atomic E-state index is 13.7. The van der Waals surface area contributed by atoms with Gasteiger partial charge < -0.3 is 4.74 Å². The van der Waals surface area contributed by atoms with Crippen LogP contribution in [0.1, 0.15) is 16.5 Å². The zero-order chi connectivity index (χ0) is 14.9. The Bertz CT molecular complexity index is 623. The number of rotatable bonds is 3. The first-order valence-electron chi connectivity index (χ1n) is 5.56. The summed E-state index contributed by atoms with van der Waals surface area (Å²) in [6.07, 6.45) is 0. The van der Waals surface area contributed by atoms with Crippen molar-refractivity contribution in [3.63, 3.8) is 0 Å². The highest BCUT2D eigenvalue weighted by molar-refractivity contribution is 6.33. The van der Waals surface area contributed by atoms with E-state index in [0.29, 0.717) is 23.4 Å². The first kappa shape index (κ1) is 15.0. The van der Waals surface area contributed by atoms with Gasteiger partial charge in [-0.1, -0.05) is 17.7 Å². The zero-order valence-corrected chi connectivity index (χ0v) is 11.8. The number of halogens is 5. The molecule has 0 saturated carbocycles. The lowest BCUT2D eigenvalue weighted by molar-refractivity contribution is 0.414. The maximum Gasteiger partial charge on any atom is 0.134 e. The Labute approximate surface area is 123 Å². The first-order valence-corrected chi connectivity index (χ1v) is 6.37. The highest BCUT2D eigenvalue weighted by Gasteiger charge is 2.23. The Hall–Kier alpha value is -1.39. The van der Waals surface area contributed by atoms with Crippen molar-refractivity contribution >= 4 is 23.2 Å². The van der Waals surface area contributed by atoms with E-state index in [-0.39, 0.29) is 5.02 Å². The molecule has 0 aliphatic carbocycles. The van der Waals surface area contributed by atoms with Gasteiger partial charge in [-0.15, -0.1) is 11.6 Å². The molecule has 2 aromatic carbocycles. The van der Waals surface area contributed by atoms with Gasteiger partial charge in [0.25, 0.3) is 0 Å². The topological polar surface area (TPSA) is 9.23 Å². The highest BCUT2D eigenvalue weighted by Crippen LogP contribution is 2.37. The fourth-order valence-electron chi connectivity index (χ4n) is 1.79.